The number of aryl methyl sites for hydroxylation is 1. The predicted molar refractivity (Wildman–Crippen MR) is 109 cm³/mol. The number of aliphatic carboxylic acids is 1. The summed E-state index contributed by atoms with van der Waals surface area (Å²) in [5.74, 6) is -0.354. The van der Waals surface area contributed by atoms with Crippen molar-refractivity contribution in [3.8, 4) is 0 Å². The smallest absolute Gasteiger partial charge is 0.303 e. The van der Waals surface area contributed by atoms with Crippen LogP contribution in [0.4, 0.5) is 4.39 Å². The number of nitrogens with zero attached hydrogens (tertiary/aromatic N) is 3. The van der Waals surface area contributed by atoms with Crippen LogP contribution in [0.25, 0.3) is 21.9 Å². The summed E-state index contributed by atoms with van der Waals surface area (Å²) >= 11 is 1.54. The number of carboxylic acids is 1. The zero-order chi connectivity index (χ0) is 19.7. The largest absolute Gasteiger partial charge is 0.481 e. The molecular formula is C21H20FN3O2S. The van der Waals surface area contributed by atoms with Gasteiger partial charge in [0.15, 0.2) is 5.16 Å². The van der Waals surface area contributed by atoms with Gasteiger partial charge < -0.3 is 14.2 Å². The van der Waals surface area contributed by atoms with Gasteiger partial charge in [-0.3, -0.25) is 4.79 Å². The van der Waals surface area contributed by atoms with Crippen molar-refractivity contribution in [3.05, 3.63) is 60.0 Å². The molecule has 4 aromatic rings. The van der Waals surface area contributed by atoms with Gasteiger partial charge in [0.1, 0.15) is 5.82 Å². The molecule has 5 nitrogen and oxygen atoms in total. The predicted octanol–water partition coefficient (Wildman–Crippen LogP) is 4.67. The summed E-state index contributed by atoms with van der Waals surface area (Å²) in [6, 6.07) is 13.0. The molecule has 2 aromatic heterocycles. The van der Waals surface area contributed by atoms with Crippen molar-refractivity contribution in [1.29, 1.82) is 0 Å². The van der Waals surface area contributed by atoms with Gasteiger partial charge in [-0.25, -0.2) is 9.37 Å². The van der Waals surface area contributed by atoms with Gasteiger partial charge in [-0.15, -0.1) is 0 Å². The highest BCUT2D eigenvalue weighted by molar-refractivity contribution is 7.99. The highest BCUT2D eigenvalue weighted by Crippen LogP contribution is 2.29. The summed E-state index contributed by atoms with van der Waals surface area (Å²) < 4.78 is 18.6. The van der Waals surface area contributed by atoms with Crippen molar-refractivity contribution in [2.75, 3.05) is 5.75 Å². The van der Waals surface area contributed by atoms with Crippen LogP contribution < -0.4 is 0 Å². The van der Waals surface area contributed by atoms with E-state index in [4.69, 9.17) is 10.1 Å². The molecule has 0 saturated carbocycles. The Balaban J connectivity index is 1.72. The second kappa shape index (κ2) is 7.67. The molecule has 0 amide bonds. The molecule has 4 rings (SSSR count). The van der Waals surface area contributed by atoms with Crippen molar-refractivity contribution in [2.45, 2.75) is 24.5 Å². The third kappa shape index (κ3) is 3.49. The topological polar surface area (TPSA) is 60.0 Å². The fraction of sp³-hybridized carbons (Fsp3) is 0.238. The van der Waals surface area contributed by atoms with Crippen LogP contribution in [0.5, 0.6) is 0 Å². The monoisotopic (exact) mass is 397 g/mol. The van der Waals surface area contributed by atoms with Crippen molar-refractivity contribution in [1.82, 2.24) is 14.1 Å². The highest BCUT2D eigenvalue weighted by atomic mass is 32.2. The van der Waals surface area contributed by atoms with Crippen molar-refractivity contribution in [2.24, 2.45) is 7.05 Å². The Morgan fingerprint density at radius 3 is 2.79 bits per heavy atom. The van der Waals surface area contributed by atoms with Crippen LogP contribution in [0.3, 0.4) is 0 Å². The lowest BCUT2D eigenvalue weighted by Gasteiger charge is -2.08. The Hall–Kier alpha value is -2.80. The van der Waals surface area contributed by atoms with E-state index in [1.54, 1.807) is 6.07 Å². The molecule has 0 unspecified atom stereocenters. The molecule has 0 aliphatic rings. The standard InChI is InChI=1S/C21H20FN3O2S/c1-24-12-14(20-15(22)6-4-9-18(20)24)13-25-17-8-3-2-7-16(17)23-21(25)28-11-5-10-19(26)27/h2-4,6-9,12H,5,10-11,13H2,1H3,(H,26,27). The number of carbonyl (C=O) groups is 1. The van der Waals surface area contributed by atoms with Gasteiger partial charge in [-0.05, 0) is 30.7 Å². The molecular weight excluding hydrogens is 377 g/mol. The SMILES string of the molecule is Cn1cc(Cn2c(SCCCC(=O)O)nc3ccccc32)c2c(F)cccc21. The van der Waals surface area contributed by atoms with Gasteiger partial charge in [0.25, 0.3) is 0 Å². The second-order valence-corrected chi connectivity index (χ2v) is 7.78. The van der Waals surface area contributed by atoms with Crippen molar-refractivity contribution < 1.29 is 14.3 Å². The molecule has 0 spiro atoms. The summed E-state index contributed by atoms with van der Waals surface area (Å²) in [4.78, 5) is 15.5. The highest BCUT2D eigenvalue weighted by Gasteiger charge is 2.16. The second-order valence-electron chi connectivity index (χ2n) is 6.71. The Labute approximate surface area is 165 Å². The average Bonchev–Trinajstić information content (AvgIpc) is 3.18. The zero-order valence-corrected chi connectivity index (χ0v) is 16.2. The van der Waals surface area contributed by atoms with Gasteiger partial charge >= 0.3 is 5.97 Å². The number of benzene rings is 2. The number of aromatic nitrogens is 3. The molecule has 0 aliphatic heterocycles. The van der Waals surface area contributed by atoms with Gasteiger partial charge in [-0.2, -0.15) is 0 Å². The molecule has 0 atom stereocenters. The minimum Gasteiger partial charge on any atom is -0.481 e. The fourth-order valence-corrected chi connectivity index (χ4v) is 4.44. The Kier molecular flexibility index (Phi) is 5.09. The lowest BCUT2D eigenvalue weighted by atomic mass is 10.1. The van der Waals surface area contributed by atoms with E-state index in [0.717, 1.165) is 27.3 Å². The maximum absolute atomic E-state index is 14.5. The van der Waals surface area contributed by atoms with Crippen molar-refractivity contribution >= 4 is 39.7 Å². The van der Waals surface area contributed by atoms with Crippen LogP contribution >= 0.6 is 11.8 Å². The molecule has 28 heavy (non-hydrogen) atoms. The zero-order valence-electron chi connectivity index (χ0n) is 15.4. The summed E-state index contributed by atoms with van der Waals surface area (Å²) in [6.07, 6.45) is 2.68. The van der Waals surface area contributed by atoms with E-state index in [9.17, 15) is 9.18 Å². The molecule has 0 radical (unpaired) electrons. The summed E-state index contributed by atoms with van der Waals surface area (Å²) in [7, 11) is 1.92. The first-order valence-corrected chi connectivity index (χ1v) is 10.1. The van der Waals surface area contributed by atoms with Crippen LogP contribution in [0.2, 0.25) is 0 Å². The molecule has 7 heteroatoms. The number of rotatable bonds is 7. The molecule has 2 heterocycles. The van der Waals surface area contributed by atoms with Crippen LogP contribution in [-0.2, 0) is 18.4 Å². The van der Waals surface area contributed by atoms with Gasteiger partial charge in [-0.1, -0.05) is 30.0 Å². The Morgan fingerprint density at radius 1 is 1.18 bits per heavy atom. The number of carboxylic acid groups (broad SMARTS) is 1. The number of para-hydroxylation sites is 2. The van der Waals surface area contributed by atoms with E-state index >= 15 is 0 Å². The number of hydrogen-bond donors (Lipinski definition) is 1. The average molecular weight is 397 g/mol. The number of imidazole rings is 1. The molecule has 2 aromatic carbocycles. The third-order valence-electron chi connectivity index (χ3n) is 4.76. The van der Waals surface area contributed by atoms with Gasteiger partial charge in [0, 0.05) is 36.4 Å². The van der Waals surface area contributed by atoms with Crippen LogP contribution in [-0.4, -0.2) is 30.9 Å². The van der Waals surface area contributed by atoms with E-state index in [1.807, 2.05) is 48.1 Å². The number of halogens is 1. The number of hydrogen-bond acceptors (Lipinski definition) is 3. The maximum atomic E-state index is 14.5. The number of thioether (sulfide) groups is 1. The quantitative estimate of drug-likeness (QED) is 0.364. The fourth-order valence-electron chi connectivity index (χ4n) is 3.49. The summed E-state index contributed by atoms with van der Waals surface area (Å²) in [6.45, 7) is 0.500. The van der Waals surface area contributed by atoms with Gasteiger partial charge in [0.05, 0.1) is 23.1 Å². The summed E-state index contributed by atoms with van der Waals surface area (Å²) in [5.41, 5.74) is 3.61. The van der Waals surface area contributed by atoms with Crippen LogP contribution in [0.1, 0.15) is 18.4 Å². The van der Waals surface area contributed by atoms with Gasteiger partial charge in [0.2, 0.25) is 0 Å². The first-order chi connectivity index (χ1) is 13.5. The minimum atomic E-state index is -0.791. The molecule has 144 valence electrons. The van der Waals surface area contributed by atoms with E-state index in [1.165, 1.54) is 17.8 Å². The number of fused-ring (bicyclic) bond motifs is 2. The maximum Gasteiger partial charge on any atom is 0.303 e. The molecule has 0 fully saturated rings. The van der Waals surface area contributed by atoms with Crippen LogP contribution in [0, 0.1) is 5.82 Å². The van der Waals surface area contributed by atoms with E-state index in [-0.39, 0.29) is 12.2 Å². The lowest BCUT2D eigenvalue weighted by Crippen LogP contribution is -2.02. The first kappa shape index (κ1) is 18.6. The first-order valence-electron chi connectivity index (χ1n) is 9.07. The van der Waals surface area contributed by atoms with E-state index in [0.29, 0.717) is 24.1 Å². The van der Waals surface area contributed by atoms with Crippen molar-refractivity contribution in [3.63, 3.8) is 0 Å². The van der Waals surface area contributed by atoms with E-state index < -0.39 is 5.97 Å². The normalized spacial score (nSPS) is 11.5. The van der Waals surface area contributed by atoms with Crippen LogP contribution in [0.15, 0.2) is 53.8 Å². The summed E-state index contributed by atoms with van der Waals surface area (Å²) in [5, 5.41) is 10.3. The molecule has 0 bridgehead atoms. The van der Waals surface area contributed by atoms with E-state index in [2.05, 4.69) is 4.57 Å². The lowest BCUT2D eigenvalue weighted by molar-refractivity contribution is -0.137. The molecule has 1 N–H and O–H groups in total. The Bertz CT molecular complexity index is 1170. The molecule has 0 saturated heterocycles. The minimum absolute atomic E-state index is 0.141. The third-order valence-corrected chi connectivity index (χ3v) is 5.82. The molecule has 0 aliphatic carbocycles. The Morgan fingerprint density at radius 2 is 1.96 bits per heavy atom.